The molecule has 5 aromatic rings. The van der Waals surface area contributed by atoms with Gasteiger partial charge < -0.3 is 15.4 Å². The van der Waals surface area contributed by atoms with Crippen LogP contribution in [0.15, 0.2) is 30.5 Å². The third-order valence-corrected chi connectivity index (χ3v) is 11.6. The third kappa shape index (κ3) is 5.34. The number of thiophene rings is 1. The Bertz CT molecular complexity index is 2240. The van der Waals surface area contributed by atoms with Crippen molar-refractivity contribution < 1.29 is 22.7 Å². The Morgan fingerprint density at radius 3 is 2.84 bits per heavy atom. The van der Waals surface area contributed by atoms with Crippen LogP contribution in [0, 0.1) is 35.8 Å². The zero-order chi connectivity index (χ0) is 34.9. The number of hydrogen-bond acceptors (Lipinski definition) is 10. The molecule has 3 fully saturated rings. The number of anilines is 2. The fourth-order valence-electron chi connectivity index (χ4n) is 7.96. The number of nitrogens with two attached hydrogens (primary N) is 1. The van der Waals surface area contributed by atoms with Gasteiger partial charge in [0.05, 0.1) is 32.4 Å². The molecule has 0 amide bonds. The van der Waals surface area contributed by atoms with Crippen molar-refractivity contribution in [2.75, 3.05) is 43.4 Å². The van der Waals surface area contributed by atoms with Crippen molar-refractivity contribution in [2.24, 2.45) is 5.92 Å². The zero-order valence-corrected chi connectivity index (χ0v) is 28.6. The number of rotatable bonds is 6. The van der Waals surface area contributed by atoms with Crippen LogP contribution < -0.4 is 15.4 Å². The molecule has 3 aliphatic rings. The van der Waals surface area contributed by atoms with Gasteiger partial charge in [-0.3, -0.25) is 9.69 Å². The molecule has 258 valence electrons. The molecule has 6 heterocycles. The lowest BCUT2D eigenvalue weighted by atomic mass is 9.95. The van der Waals surface area contributed by atoms with E-state index in [9.17, 15) is 18.8 Å². The highest BCUT2D eigenvalue weighted by atomic mass is 35.5. The maximum atomic E-state index is 17.1. The van der Waals surface area contributed by atoms with Crippen molar-refractivity contribution in [1.29, 1.82) is 5.26 Å². The Balaban J connectivity index is 1.26. The van der Waals surface area contributed by atoms with Gasteiger partial charge in [-0.25, -0.2) is 17.9 Å². The lowest BCUT2D eigenvalue weighted by Crippen LogP contribution is -2.43. The lowest BCUT2D eigenvalue weighted by Gasteiger charge is -2.34. The number of aryl methyl sites for hydroxylation is 1. The van der Waals surface area contributed by atoms with E-state index in [1.165, 1.54) is 16.8 Å². The molecule has 0 aliphatic carbocycles. The zero-order valence-electron chi connectivity index (χ0n) is 27.1. The van der Waals surface area contributed by atoms with Crippen LogP contribution >= 0.6 is 22.9 Å². The molecule has 8 rings (SSSR count). The molecule has 3 saturated heterocycles. The minimum atomic E-state index is -0.965. The Morgan fingerprint density at radius 2 is 2.06 bits per heavy atom. The molecule has 2 N–H and O–H groups in total. The summed E-state index contributed by atoms with van der Waals surface area (Å²) in [6.45, 7) is 3.85. The largest absolute Gasteiger partial charge is 0.461 e. The molecule has 0 saturated carbocycles. The molecule has 10 nitrogen and oxygen atoms in total. The van der Waals surface area contributed by atoms with Crippen molar-refractivity contribution in [3.8, 4) is 23.2 Å². The number of piperidine rings is 1. The maximum absolute atomic E-state index is 17.1. The van der Waals surface area contributed by atoms with Crippen LogP contribution in [0.3, 0.4) is 0 Å². The quantitative estimate of drug-likeness (QED) is 0.199. The molecule has 3 aliphatic heterocycles. The Morgan fingerprint density at radius 1 is 1.22 bits per heavy atom. The first-order valence-electron chi connectivity index (χ1n) is 16.5. The van der Waals surface area contributed by atoms with E-state index < -0.39 is 29.3 Å². The van der Waals surface area contributed by atoms with E-state index in [1.807, 2.05) is 17.9 Å². The first kappa shape index (κ1) is 32.7. The molecule has 0 bridgehead atoms. The molecule has 3 aromatic heterocycles. The highest BCUT2D eigenvalue weighted by Crippen LogP contribution is 2.46. The van der Waals surface area contributed by atoms with Crippen molar-refractivity contribution in [3.05, 3.63) is 58.4 Å². The van der Waals surface area contributed by atoms with E-state index >= 15 is 4.39 Å². The summed E-state index contributed by atoms with van der Waals surface area (Å²) in [6.07, 6.45) is 3.97. The maximum Gasteiger partial charge on any atom is 0.319 e. The number of ether oxygens (including phenoxy) is 1. The minimum absolute atomic E-state index is 0.00725. The van der Waals surface area contributed by atoms with E-state index in [2.05, 4.69) is 15.0 Å². The highest BCUT2D eigenvalue weighted by Gasteiger charge is 2.49. The molecule has 1 unspecified atom stereocenters. The average Bonchev–Trinajstić information content (AvgIpc) is 3.86. The second-order valence-corrected chi connectivity index (χ2v) is 14.9. The molecular formula is C35H32ClF3N8O2S. The molecule has 50 heavy (non-hydrogen) atoms. The van der Waals surface area contributed by atoms with Crippen LogP contribution in [0.2, 0.25) is 5.02 Å². The van der Waals surface area contributed by atoms with Gasteiger partial charge in [0.1, 0.15) is 41.0 Å². The number of nitrogen functional groups attached to an aromatic ring is 1. The van der Waals surface area contributed by atoms with Crippen molar-refractivity contribution in [2.45, 2.75) is 50.7 Å². The van der Waals surface area contributed by atoms with Gasteiger partial charge in [-0.05, 0) is 62.9 Å². The van der Waals surface area contributed by atoms with Gasteiger partial charge in [-0.15, -0.1) is 11.3 Å². The van der Waals surface area contributed by atoms with Gasteiger partial charge in [0.15, 0.2) is 5.82 Å². The standard InChI is InChI=1S/C35H32ClF3N8O2S/c1-18-7-11-47(44-18)33(48)19-4-2-9-45(15-19)32-22-12-24(36)27(21-5-6-25(38)30-26(21)23(14-40)31(41)50-30)28(39)29(22)42-34(43-32)49-17-35-8-3-10-46(35)16-20(37)13-35/h5-7,11-12,19-20H,2-4,8-10,13,15-17,41H2,1H3/t19?,20-,35+/m1/s1. The van der Waals surface area contributed by atoms with Crippen LogP contribution in [-0.2, 0) is 0 Å². The number of alkyl halides is 1. The van der Waals surface area contributed by atoms with Gasteiger partial charge >= 0.3 is 6.01 Å². The minimum Gasteiger partial charge on any atom is -0.461 e. The van der Waals surface area contributed by atoms with Crippen molar-refractivity contribution in [1.82, 2.24) is 24.6 Å². The monoisotopic (exact) mass is 720 g/mol. The predicted molar refractivity (Wildman–Crippen MR) is 185 cm³/mol. The summed E-state index contributed by atoms with van der Waals surface area (Å²) in [5.41, 5.74) is 6.34. The number of carbonyl (C=O) groups excluding carboxylic acids is 1. The van der Waals surface area contributed by atoms with Gasteiger partial charge in [-0.1, -0.05) is 17.7 Å². The molecular weight excluding hydrogens is 689 g/mol. The van der Waals surface area contributed by atoms with Gasteiger partial charge in [-0.2, -0.15) is 20.3 Å². The number of carbonyl (C=O) groups is 1. The van der Waals surface area contributed by atoms with Crippen LogP contribution in [0.5, 0.6) is 6.01 Å². The third-order valence-electron chi connectivity index (χ3n) is 10.3. The highest BCUT2D eigenvalue weighted by molar-refractivity contribution is 7.23. The molecule has 3 atom stereocenters. The number of benzene rings is 2. The van der Waals surface area contributed by atoms with E-state index in [1.54, 1.807) is 18.3 Å². The van der Waals surface area contributed by atoms with Crippen LogP contribution in [0.25, 0.3) is 32.1 Å². The van der Waals surface area contributed by atoms with E-state index in [4.69, 9.17) is 27.1 Å². The number of nitriles is 1. The van der Waals surface area contributed by atoms with Gasteiger partial charge in [0.25, 0.3) is 5.91 Å². The summed E-state index contributed by atoms with van der Waals surface area (Å²) >= 11 is 7.77. The van der Waals surface area contributed by atoms with Gasteiger partial charge in [0, 0.05) is 48.6 Å². The normalized spacial score (nSPS) is 22.4. The summed E-state index contributed by atoms with van der Waals surface area (Å²) in [6, 6.07) is 7.80. The fraction of sp³-hybridized carbons (Fsp3) is 0.400. The molecule has 0 spiro atoms. The summed E-state index contributed by atoms with van der Waals surface area (Å²) in [4.78, 5) is 26.8. The van der Waals surface area contributed by atoms with Crippen LogP contribution in [0.1, 0.15) is 48.2 Å². The first-order chi connectivity index (χ1) is 24.1. The summed E-state index contributed by atoms with van der Waals surface area (Å²) in [5.74, 6) is -1.64. The molecule has 0 radical (unpaired) electrons. The van der Waals surface area contributed by atoms with Crippen LogP contribution in [0.4, 0.5) is 24.0 Å². The lowest BCUT2D eigenvalue weighted by molar-refractivity contribution is 0.0803. The predicted octanol–water partition coefficient (Wildman–Crippen LogP) is 6.91. The van der Waals surface area contributed by atoms with Crippen molar-refractivity contribution >= 4 is 60.7 Å². The van der Waals surface area contributed by atoms with E-state index in [0.29, 0.717) is 43.6 Å². The Hall–Kier alpha value is -4.45. The smallest absolute Gasteiger partial charge is 0.319 e. The summed E-state index contributed by atoms with van der Waals surface area (Å²) in [5, 5.41) is 14.7. The SMILES string of the molecule is Cc1ccn(C(=O)C2CCCN(c3nc(OC[C@@]45CCCN4C[C@H](F)C5)nc4c(F)c(-c5ccc(F)c6sc(N)c(C#N)c56)c(Cl)cc34)C2)n1. The van der Waals surface area contributed by atoms with E-state index in [-0.39, 0.29) is 67.4 Å². The van der Waals surface area contributed by atoms with E-state index in [0.717, 1.165) is 36.4 Å². The number of aromatic nitrogens is 4. The number of halogens is 4. The first-order valence-corrected chi connectivity index (χ1v) is 17.7. The average molecular weight is 721 g/mol. The summed E-state index contributed by atoms with van der Waals surface area (Å²) < 4.78 is 54.3. The summed E-state index contributed by atoms with van der Waals surface area (Å²) in [7, 11) is 0. The second kappa shape index (κ2) is 12.4. The number of nitrogens with zero attached hydrogens (tertiary/aromatic N) is 7. The number of hydrogen-bond donors (Lipinski definition) is 1. The van der Waals surface area contributed by atoms with Crippen LogP contribution in [-0.4, -0.2) is 75.1 Å². The Kier molecular flexibility index (Phi) is 8.12. The Labute approximate surface area is 294 Å². The van der Waals surface area contributed by atoms with Gasteiger partial charge in [0.2, 0.25) is 0 Å². The van der Waals surface area contributed by atoms with Crippen molar-refractivity contribution in [3.63, 3.8) is 0 Å². The number of fused-ring (bicyclic) bond motifs is 3. The fourth-order valence-corrected chi connectivity index (χ4v) is 9.21. The molecule has 2 aromatic carbocycles. The molecule has 15 heteroatoms. The second-order valence-electron chi connectivity index (χ2n) is 13.4. The topological polar surface area (TPSA) is 126 Å².